The lowest BCUT2D eigenvalue weighted by atomic mass is 9.69. The molecule has 1 unspecified atom stereocenters. The van der Waals surface area contributed by atoms with Crippen LogP contribution in [-0.2, 0) is 16.2 Å². The Bertz CT molecular complexity index is 3110. The number of anilines is 3. The number of hydrogen-bond acceptors (Lipinski definition) is 1. The maximum atomic E-state index is 8.84. The zero-order chi connectivity index (χ0) is 41.5. The zero-order valence-corrected chi connectivity index (χ0v) is 35.1. The smallest absolute Gasteiger partial charge is 0.0726 e. The molecule has 8 aromatic carbocycles. The first-order valence-electron chi connectivity index (χ1n) is 22.2. The topological polar surface area (TPSA) is 3.24 Å². The standard InChI is InChI=1S/C59H49N/c1-57(2,3)40-28-31-48-45-16-7-11-19-51(45)59(54(48)34-40)52-20-12-8-17-46(52)49-33-30-42(36-55(49)59)60(41-29-32-47-44-15-6-10-18-50(44)58(4,5)53(47)35-41)56-21-13-9-14-43(56)39-26-24-38(25-27-39)37-22-23-37/h6-21,24-37H,22-23H2,1-5H3/i37D. The Morgan fingerprint density at radius 1 is 0.467 bits per heavy atom. The highest BCUT2D eigenvalue weighted by molar-refractivity contribution is 5.97. The van der Waals surface area contributed by atoms with E-state index in [1.807, 2.05) is 0 Å². The molecule has 8 aromatic rings. The summed E-state index contributed by atoms with van der Waals surface area (Å²) in [5.74, 6) is -0.429. The summed E-state index contributed by atoms with van der Waals surface area (Å²) in [5.41, 5.74) is 23.6. The second-order valence-electron chi connectivity index (χ2n) is 19.0. The van der Waals surface area contributed by atoms with E-state index in [2.05, 4.69) is 215 Å². The van der Waals surface area contributed by atoms with Gasteiger partial charge in [0.1, 0.15) is 0 Å². The van der Waals surface area contributed by atoms with Crippen LogP contribution in [0.3, 0.4) is 0 Å². The number of nitrogens with zero attached hydrogens (tertiary/aromatic N) is 1. The normalized spacial score (nSPS) is 18.2. The Morgan fingerprint density at radius 2 is 0.933 bits per heavy atom. The minimum atomic E-state index is -0.479. The summed E-state index contributed by atoms with van der Waals surface area (Å²) >= 11 is 0. The molecule has 1 fully saturated rings. The first-order valence-corrected chi connectivity index (χ1v) is 21.7. The van der Waals surface area contributed by atoms with Crippen molar-refractivity contribution in [2.45, 2.75) is 69.6 Å². The molecule has 4 aliphatic carbocycles. The summed E-state index contributed by atoms with van der Waals surface area (Å²) in [7, 11) is 0. The Kier molecular flexibility index (Phi) is 7.19. The van der Waals surface area contributed by atoms with E-state index in [9.17, 15) is 0 Å². The molecule has 0 N–H and O–H groups in total. The molecule has 0 heterocycles. The molecule has 1 spiro atoms. The molecule has 60 heavy (non-hydrogen) atoms. The molecular formula is C59H49N. The minimum Gasteiger partial charge on any atom is -0.310 e. The number of para-hydroxylation sites is 1. The first kappa shape index (κ1) is 34.4. The molecule has 4 aliphatic rings. The van der Waals surface area contributed by atoms with Crippen LogP contribution in [0.15, 0.2) is 176 Å². The van der Waals surface area contributed by atoms with Crippen LogP contribution in [0, 0.1) is 0 Å². The van der Waals surface area contributed by atoms with Gasteiger partial charge < -0.3 is 4.90 Å². The van der Waals surface area contributed by atoms with E-state index >= 15 is 0 Å². The van der Waals surface area contributed by atoms with Crippen LogP contribution < -0.4 is 4.90 Å². The van der Waals surface area contributed by atoms with Gasteiger partial charge in [0.25, 0.3) is 0 Å². The summed E-state index contributed by atoms with van der Waals surface area (Å²) in [6, 6.07) is 66.6. The summed E-state index contributed by atoms with van der Waals surface area (Å²) in [6.07, 6.45) is 1.87. The predicted molar refractivity (Wildman–Crippen MR) is 251 cm³/mol. The van der Waals surface area contributed by atoms with Crippen molar-refractivity contribution < 1.29 is 1.37 Å². The third kappa shape index (κ3) is 4.93. The molecule has 0 amide bonds. The van der Waals surface area contributed by atoms with Gasteiger partial charge in [-0.2, -0.15) is 0 Å². The summed E-state index contributed by atoms with van der Waals surface area (Å²) in [4.78, 5) is 2.51. The molecule has 1 heteroatoms. The second-order valence-corrected chi connectivity index (χ2v) is 19.0. The van der Waals surface area contributed by atoms with Crippen molar-refractivity contribution in [3.63, 3.8) is 0 Å². The van der Waals surface area contributed by atoms with Crippen LogP contribution in [0.2, 0.25) is 0 Å². The first-order chi connectivity index (χ1) is 29.5. The van der Waals surface area contributed by atoms with Crippen molar-refractivity contribution in [3.05, 3.63) is 220 Å². The van der Waals surface area contributed by atoms with Gasteiger partial charge in [0.05, 0.1) is 11.1 Å². The molecular weight excluding hydrogens is 723 g/mol. The fourth-order valence-electron chi connectivity index (χ4n) is 11.1. The maximum Gasteiger partial charge on any atom is 0.0726 e. The van der Waals surface area contributed by atoms with Gasteiger partial charge in [0.2, 0.25) is 0 Å². The van der Waals surface area contributed by atoms with Crippen molar-refractivity contribution in [1.82, 2.24) is 0 Å². The number of fused-ring (bicyclic) bond motifs is 13. The molecule has 12 rings (SSSR count). The van der Waals surface area contributed by atoms with Gasteiger partial charge in [-0.3, -0.25) is 0 Å². The Hall–Kier alpha value is -6.44. The molecule has 0 aromatic heterocycles. The molecule has 1 atom stereocenters. The molecule has 290 valence electrons. The van der Waals surface area contributed by atoms with Crippen LogP contribution in [0.25, 0.3) is 44.5 Å². The van der Waals surface area contributed by atoms with E-state index in [1.165, 1.54) is 72.3 Å². The van der Waals surface area contributed by atoms with E-state index < -0.39 is 11.3 Å². The molecule has 0 aliphatic heterocycles. The SMILES string of the molecule is [2H]C1(c2ccc(-c3ccccc3N(c3ccc4c(c3)C(C)(C)c3ccccc3-4)c3ccc4c(c3)C3(c5ccccc5-4)c4ccccc4-c4ccc(C(C)(C)C)cc43)cc2)CC1. The zero-order valence-electron chi connectivity index (χ0n) is 36.1. The van der Waals surface area contributed by atoms with Crippen LogP contribution in [0.4, 0.5) is 17.1 Å². The monoisotopic (exact) mass is 772 g/mol. The highest BCUT2D eigenvalue weighted by Crippen LogP contribution is 2.64. The highest BCUT2D eigenvalue weighted by atomic mass is 15.1. The van der Waals surface area contributed by atoms with Crippen molar-refractivity contribution in [1.29, 1.82) is 0 Å². The second kappa shape index (κ2) is 12.5. The van der Waals surface area contributed by atoms with Gasteiger partial charge in [0.15, 0.2) is 0 Å². The average molecular weight is 773 g/mol. The quantitative estimate of drug-likeness (QED) is 0.168. The van der Waals surface area contributed by atoms with Crippen molar-refractivity contribution in [3.8, 4) is 44.5 Å². The number of benzene rings is 8. The van der Waals surface area contributed by atoms with E-state index in [0.29, 0.717) is 0 Å². The molecule has 0 radical (unpaired) electrons. The van der Waals surface area contributed by atoms with Crippen molar-refractivity contribution in [2.24, 2.45) is 0 Å². The van der Waals surface area contributed by atoms with Crippen LogP contribution in [-0.4, -0.2) is 0 Å². The fraction of sp³-hybridized carbons (Fsp3) is 0.186. The highest BCUT2D eigenvalue weighted by Gasteiger charge is 2.52. The lowest BCUT2D eigenvalue weighted by Crippen LogP contribution is -2.27. The molecule has 0 saturated heterocycles. The van der Waals surface area contributed by atoms with Crippen LogP contribution in [0.1, 0.15) is 99.2 Å². The molecule has 1 saturated carbocycles. The number of hydrogen-bond donors (Lipinski definition) is 0. The summed E-state index contributed by atoms with van der Waals surface area (Å²) < 4.78 is 8.84. The minimum absolute atomic E-state index is 0.00653. The maximum absolute atomic E-state index is 8.84. The van der Waals surface area contributed by atoms with E-state index in [0.717, 1.165) is 46.6 Å². The largest absolute Gasteiger partial charge is 0.310 e. The third-order valence-electron chi connectivity index (χ3n) is 14.3. The fourth-order valence-corrected chi connectivity index (χ4v) is 11.1. The van der Waals surface area contributed by atoms with E-state index in [-0.39, 0.29) is 10.8 Å². The average Bonchev–Trinajstić information content (AvgIpc) is 3.80. The molecule has 0 bridgehead atoms. The van der Waals surface area contributed by atoms with E-state index in [4.69, 9.17) is 1.37 Å². The van der Waals surface area contributed by atoms with Gasteiger partial charge in [-0.1, -0.05) is 180 Å². The summed E-state index contributed by atoms with van der Waals surface area (Å²) in [5, 5.41) is 0. The van der Waals surface area contributed by atoms with E-state index in [1.54, 1.807) is 0 Å². The number of rotatable bonds is 5. The third-order valence-corrected chi connectivity index (χ3v) is 14.3. The molecule has 1 nitrogen and oxygen atoms in total. The lowest BCUT2D eigenvalue weighted by molar-refractivity contribution is 0.588. The van der Waals surface area contributed by atoms with Crippen molar-refractivity contribution in [2.75, 3.05) is 4.90 Å². The summed E-state index contributed by atoms with van der Waals surface area (Å²) in [6.45, 7) is 11.7. The van der Waals surface area contributed by atoms with Gasteiger partial charge >= 0.3 is 0 Å². The predicted octanol–water partition coefficient (Wildman–Crippen LogP) is 15.6. The Morgan fingerprint density at radius 3 is 1.53 bits per heavy atom. The van der Waals surface area contributed by atoms with Gasteiger partial charge in [-0.05, 0) is 138 Å². The van der Waals surface area contributed by atoms with Crippen LogP contribution >= 0.6 is 0 Å². The van der Waals surface area contributed by atoms with Crippen LogP contribution in [0.5, 0.6) is 0 Å². The van der Waals surface area contributed by atoms with Gasteiger partial charge in [-0.25, -0.2) is 0 Å². The van der Waals surface area contributed by atoms with Crippen molar-refractivity contribution >= 4 is 17.1 Å². The Labute approximate surface area is 356 Å². The van der Waals surface area contributed by atoms with Gasteiger partial charge in [-0.15, -0.1) is 0 Å². The van der Waals surface area contributed by atoms with Gasteiger partial charge in [0, 0.05) is 23.7 Å². The lowest BCUT2D eigenvalue weighted by Gasteiger charge is -2.34. The Balaban J connectivity index is 1.12.